The first-order valence-corrected chi connectivity index (χ1v) is 8.37. The van der Waals surface area contributed by atoms with E-state index in [1.165, 1.54) is 0 Å². The number of methoxy groups -OCH3 is 2. The second kappa shape index (κ2) is 8.37. The Morgan fingerprint density at radius 3 is 2.19 bits per heavy atom. The van der Waals surface area contributed by atoms with E-state index in [1.54, 1.807) is 49.5 Å². The largest absolute Gasteiger partial charge is 0.497 e. The Hall–Kier alpha value is -3.03. The maximum Gasteiger partial charge on any atom is 0.260 e. The molecule has 0 radical (unpaired) electrons. The minimum absolute atomic E-state index is 0.0225. The van der Waals surface area contributed by atoms with E-state index < -0.39 is 0 Å². The predicted molar refractivity (Wildman–Crippen MR) is 95.9 cm³/mol. The summed E-state index contributed by atoms with van der Waals surface area (Å²) in [6.45, 7) is 2.68. The second-order valence-electron chi connectivity index (χ2n) is 5.77. The van der Waals surface area contributed by atoms with Crippen LogP contribution in [0.1, 0.15) is 0 Å². The van der Waals surface area contributed by atoms with Crippen LogP contribution in [0.15, 0.2) is 36.4 Å². The fourth-order valence-electron chi connectivity index (χ4n) is 2.68. The molecule has 0 N–H and O–H groups in total. The average molecular weight is 358 g/mol. The summed E-state index contributed by atoms with van der Waals surface area (Å²) in [5, 5.41) is 8.12. The van der Waals surface area contributed by atoms with E-state index in [9.17, 15) is 4.79 Å². The minimum Gasteiger partial charge on any atom is -0.497 e. The summed E-state index contributed by atoms with van der Waals surface area (Å²) in [7, 11) is 3.17. The molecule has 8 heteroatoms. The van der Waals surface area contributed by atoms with Gasteiger partial charge in [0.1, 0.15) is 11.5 Å². The molecule has 0 spiro atoms. The number of carbonyl (C=O) groups excluding carboxylic acids is 1. The van der Waals surface area contributed by atoms with E-state index in [2.05, 4.69) is 15.1 Å². The third-order valence-electron chi connectivity index (χ3n) is 4.21. The van der Waals surface area contributed by atoms with Crippen molar-refractivity contribution >= 4 is 11.7 Å². The monoisotopic (exact) mass is 358 g/mol. The molecule has 1 aromatic heterocycles. The van der Waals surface area contributed by atoms with Crippen LogP contribution in [-0.4, -0.2) is 68.0 Å². The molecule has 1 aliphatic heterocycles. The number of ether oxygens (including phenoxy) is 3. The zero-order valence-electron chi connectivity index (χ0n) is 14.9. The molecule has 2 heterocycles. The zero-order valence-corrected chi connectivity index (χ0v) is 14.9. The summed E-state index contributed by atoms with van der Waals surface area (Å²) in [4.78, 5) is 16.2. The lowest BCUT2D eigenvalue weighted by Gasteiger charge is -2.35. The molecule has 0 saturated carbocycles. The van der Waals surface area contributed by atoms with Crippen LogP contribution < -0.4 is 19.1 Å². The Bertz CT molecular complexity index is 713. The van der Waals surface area contributed by atoms with E-state index in [4.69, 9.17) is 14.2 Å². The molecule has 1 fully saturated rings. The Kier molecular flexibility index (Phi) is 5.73. The lowest BCUT2D eigenvalue weighted by atomic mass is 10.3. The van der Waals surface area contributed by atoms with Gasteiger partial charge >= 0.3 is 0 Å². The summed E-state index contributed by atoms with van der Waals surface area (Å²) in [5.41, 5.74) is 0. The Morgan fingerprint density at radius 2 is 1.62 bits per heavy atom. The maximum atomic E-state index is 12.3. The second-order valence-corrected chi connectivity index (χ2v) is 5.77. The SMILES string of the molecule is COc1ccc(OCC(=O)N2CCN(c3ccc(OC)nn3)CC2)cc1. The van der Waals surface area contributed by atoms with Gasteiger partial charge in [-0.25, -0.2) is 0 Å². The van der Waals surface area contributed by atoms with Gasteiger partial charge in [-0.3, -0.25) is 4.79 Å². The number of benzene rings is 1. The summed E-state index contributed by atoms with van der Waals surface area (Å²) in [6, 6.07) is 10.8. The normalized spacial score (nSPS) is 14.1. The molecule has 138 valence electrons. The smallest absolute Gasteiger partial charge is 0.260 e. The number of nitrogens with zero attached hydrogens (tertiary/aromatic N) is 4. The minimum atomic E-state index is -0.0266. The number of rotatable bonds is 6. The first kappa shape index (κ1) is 17.8. The quantitative estimate of drug-likeness (QED) is 0.768. The van der Waals surface area contributed by atoms with Crippen molar-refractivity contribution in [3.8, 4) is 17.4 Å². The Balaban J connectivity index is 1.46. The number of amides is 1. The molecule has 26 heavy (non-hydrogen) atoms. The molecule has 8 nitrogen and oxygen atoms in total. The summed E-state index contributed by atoms with van der Waals surface area (Å²) < 4.78 is 15.7. The third kappa shape index (κ3) is 4.33. The summed E-state index contributed by atoms with van der Waals surface area (Å²) in [5.74, 6) is 2.64. The summed E-state index contributed by atoms with van der Waals surface area (Å²) >= 11 is 0. The van der Waals surface area contributed by atoms with Crippen molar-refractivity contribution in [1.82, 2.24) is 15.1 Å². The molecule has 3 rings (SSSR count). The molecule has 2 aromatic rings. The standard InChI is InChI=1S/C18H22N4O4/c1-24-14-3-5-15(6-4-14)26-13-18(23)22-11-9-21(10-12-22)16-7-8-17(25-2)20-19-16/h3-8H,9-13H2,1-2H3. The van der Waals surface area contributed by atoms with Crippen molar-refractivity contribution in [1.29, 1.82) is 0 Å². The molecule has 1 aromatic carbocycles. The van der Waals surface area contributed by atoms with Gasteiger partial charge in [-0.1, -0.05) is 0 Å². The molecule has 0 bridgehead atoms. The number of anilines is 1. The average Bonchev–Trinajstić information content (AvgIpc) is 2.72. The van der Waals surface area contributed by atoms with Gasteiger partial charge in [0, 0.05) is 32.2 Å². The van der Waals surface area contributed by atoms with Gasteiger partial charge in [0.15, 0.2) is 12.4 Å². The number of aromatic nitrogens is 2. The van der Waals surface area contributed by atoms with Crippen molar-refractivity contribution in [3.05, 3.63) is 36.4 Å². The van der Waals surface area contributed by atoms with Gasteiger partial charge in [0.25, 0.3) is 5.91 Å². The fraction of sp³-hybridized carbons (Fsp3) is 0.389. The Morgan fingerprint density at radius 1 is 0.923 bits per heavy atom. The van der Waals surface area contributed by atoms with Gasteiger partial charge in [0.2, 0.25) is 5.88 Å². The van der Waals surface area contributed by atoms with Crippen LogP contribution in [0.3, 0.4) is 0 Å². The molecule has 0 atom stereocenters. The van der Waals surface area contributed by atoms with Crippen molar-refractivity contribution in [2.24, 2.45) is 0 Å². The molecular weight excluding hydrogens is 336 g/mol. The highest BCUT2D eigenvalue weighted by Crippen LogP contribution is 2.18. The van der Waals surface area contributed by atoms with E-state index in [1.807, 2.05) is 6.07 Å². The van der Waals surface area contributed by atoms with Crippen molar-refractivity contribution < 1.29 is 19.0 Å². The van der Waals surface area contributed by atoms with Crippen LogP contribution in [0.4, 0.5) is 5.82 Å². The molecule has 0 unspecified atom stereocenters. The highest BCUT2D eigenvalue weighted by molar-refractivity contribution is 5.78. The molecule has 1 aliphatic rings. The number of hydrogen-bond donors (Lipinski definition) is 0. The lowest BCUT2D eigenvalue weighted by molar-refractivity contribution is -0.133. The van der Waals surface area contributed by atoms with Crippen molar-refractivity contribution in [2.75, 3.05) is 51.9 Å². The van der Waals surface area contributed by atoms with Crippen LogP contribution in [0.25, 0.3) is 0 Å². The van der Waals surface area contributed by atoms with Gasteiger partial charge in [0.05, 0.1) is 14.2 Å². The van der Waals surface area contributed by atoms with Crippen LogP contribution in [-0.2, 0) is 4.79 Å². The van der Waals surface area contributed by atoms with Crippen molar-refractivity contribution in [3.63, 3.8) is 0 Å². The first-order chi connectivity index (χ1) is 12.7. The van der Waals surface area contributed by atoms with Crippen LogP contribution in [0.2, 0.25) is 0 Å². The van der Waals surface area contributed by atoms with Crippen LogP contribution in [0.5, 0.6) is 17.4 Å². The molecule has 1 saturated heterocycles. The predicted octanol–water partition coefficient (Wildman–Crippen LogP) is 1.22. The van der Waals surface area contributed by atoms with Gasteiger partial charge in [-0.15, -0.1) is 10.2 Å². The Labute approximate surface area is 152 Å². The van der Waals surface area contributed by atoms with Gasteiger partial charge < -0.3 is 24.0 Å². The molecule has 0 aliphatic carbocycles. The highest BCUT2D eigenvalue weighted by Gasteiger charge is 2.22. The zero-order chi connectivity index (χ0) is 18.4. The first-order valence-electron chi connectivity index (χ1n) is 8.37. The van der Waals surface area contributed by atoms with Gasteiger partial charge in [-0.05, 0) is 30.3 Å². The van der Waals surface area contributed by atoms with Gasteiger partial charge in [-0.2, -0.15) is 0 Å². The third-order valence-corrected chi connectivity index (χ3v) is 4.21. The highest BCUT2D eigenvalue weighted by atomic mass is 16.5. The maximum absolute atomic E-state index is 12.3. The topological polar surface area (TPSA) is 77.0 Å². The van der Waals surface area contributed by atoms with Crippen LogP contribution in [0, 0.1) is 0 Å². The van der Waals surface area contributed by atoms with E-state index in [0.717, 1.165) is 11.6 Å². The molecular formula is C18H22N4O4. The van der Waals surface area contributed by atoms with E-state index in [-0.39, 0.29) is 12.5 Å². The number of piperazine rings is 1. The summed E-state index contributed by atoms with van der Waals surface area (Å²) in [6.07, 6.45) is 0. The number of carbonyl (C=O) groups is 1. The number of hydrogen-bond acceptors (Lipinski definition) is 7. The fourth-order valence-corrected chi connectivity index (χ4v) is 2.68. The van der Waals surface area contributed by atoms with Crippen molar-refractivity contribution in [2.45, 2.75) is 0 Å². The molecule has 1 amide bonds. The van der Waals surface area contributed by atoms with Crippen LogP contribution >= 0.6 is 0 Å². The van der Waals surface area contributed by atoms with E-state index >= 15 is 0 Å². The lowest BCUT2D eigenvalue weighted by Crippen LogP contribution is -2.50. The van der Waals surface area contributed by atoms with E-state index in [0.29, 0.717) is 37.8 Å².